The quantitative estimate of drug-likeness (QED) is 0.772. The van der Waals surface area contributed by atoms with E-state index in [9.17, 15) is 0 Å². The van der Waals surface area contributed by atoms with E-state index in [1.807, 2.05) is 35.1 Å². The maximum Gasteiger partial charge on any atom is 0.134 e. The lowest BCUT2D eigenvalue weighted by Gasteiger charge is -2.28. The minimum atomic E-state index is 0.403. The zero-order chi connectivity index (χ0) is 16.5. The first-order valence-electron chi connectivity index (χ1n) is 8.68. The molecule has 2 heterocycles. The SMILES string of the molecule is CCOC1CCC(n2cc(N)c(-c3ccc4ccoc4c3)n2)CC1. The molecule has 24 heavy (non-hydrogen) atoms. The van der Waals surface area contributed by atoms with Crippen LogP contribution in [0.1, 0.15) is 38.6 Å². The number of nitrogens with two attached hydrogens (primary N) is 1. The molecule has 1 fully saturated rings. The summed E-state index contributed by atoms with van der Waals surface area (Å²) >= 11 is 0. The van der Waals surface area contributed by atoms with Gasteiger partial charge in [-0.1, -0.05) is 12.1 Å². The number of furan rings is 1. The van der Waals surface area contributed by atoms with E-state index in [1.165, 1.54) is 0 Å². The number of rotatable bonds is 4. The molecule has 5 heteroatoms. The van der Waals surface area contributed by atoms with Crippen molar-refractivity contribution in [2.75, 3.05) is 12.3 Å². The van der Waals surface area contributed by atoms with Gasteiger partial charge in [0.1, 0.15) is 11.3 Å². The van der Waals surface area contributed by atoms with Crippen molar-refractivity contribution in [2.24, 2.45) is 0 Å². The molecule has 1 aliphatic carbocycles. The normalized spacial score (nSPS) is 21.4. The van der Waals surface area contributed by atoms with Gasteiger partial charge in [-0.05, 0) is 44.7 Å². The minimum Gasteiger partial charge on any atom is -0.464 e. The monoisotopic (exact) mass is 325 g/mol. The van der Waals surface area contributed by atoms with Crippen molar-refractivity contribution in [3.8, 4) is 11.3 Å². The van der Waals surface area contributed by atoms with E-state index in [-0.39, 0.29) is 0 Å². The molecule has 5 nitrogen and oxygen atoms in total. The molecule has 0 aliphatic heterocycles. The Bertz CT molecular complexity index is 828. The van der Waals surface area contributed by atoms with Crippen LogP contribution in [0.4, 0.5) is 5.69 Å². The number of ether oxygens (including phenoxy) is 1. The minimum absolute atomic E-state index is 0.403. The van der Waals surface area contributed by atoms with Crippen LogP contribution in [-0.2, 0) is 4.74 Å². The number of benzene rings is 1. The second-order valence-corrected chi connectivity index (χ2v) is 6.47. The Morgan fingerprint density at radius 2 is 2.08 bits per heavy atom. The molecule has 0 spiro atoms. The van der Waals surface area contributed by atoms with E-state index < -0.39 is 0 Å². The van der Waals surface area contributed by atoms with E-state index in [2.05, 4.69) is 6.92 Å². The van der Waals surface area contributed by atoms with Crippen molar-refractivity contribution in [2.45, 2.75) is 44.8 Å². The summed E-state index contributed by atoms with van der Waals surface area (Å²) in [5.41, 5.74) is 9.64. The highest BCUT2D eigenvalue weighted by molar-refractivity contribution is 5.84. The lowest BCUT2D eigenvalue weighted by Crippen LogP contribution is -2.24. The van der Waals surface area contributed by atoms with E-state index in [0.717, 1.165) is 54.5 Å². The zero-order valence-electron chi connectivity index (χ0n) is 13.9. The van der Waals surface area contributed by atoms with Gasteiger partial charge in [0.2, 0.25) is 0 Å². The molecule has 0 amide bonds. The van der Waals surface area contributed by atoms with Crippen LogP contribution < -0.4 is 5.73 Å². The second kappa shape index (κ2) is 6.32. The summed E-state index contributed by atoms with van der Waals surface area (Å²) in [7, 11) is 0. The Hall–Kier alpha value is -2.27. The molecular formula is C19H23N3O2. The van der Waals surface area contributed by atoms with Crippen molar-refractivity contribution < 1.29 is 9.15 Å². The highest BCUT2D eigenvalue weighted by Crippen LogP contribution is 2.33. The topological polar surface area (TPSA) is 66.2 Å². The standard InChI is InChI=1S/C19H23N3O2/c1-2-23-16-7-5-15(6-8-16)22-12-17(20)19(21-22)14-4-3-13-9-10-24-18(13)11-14/h3-4,9-12,15-16H,2,5-8,20H2,1H3. The maximum absolute atomic E-state index is 6.24. The largest absolute Gasteiger partial charge is 0.464 e. The molecule has 0 unspecified atom stereocenters. The molecule has 0 saturated heterocycles. The molecule has 2 N–H and O–H groups in total. The lowest BCUT2D eigenvalue weighted by molar-refractivity contribution is 0.0260. The average Bonchev–Trinajstić information content (AvgIpc) is 3.21. The highest BCUT2D eigenvalue weighted by atomic mass is 16.5. The van der Waals surface area contributed by atoms with Crippen LogP contribution in [0.25, 0.3) is 22.2 Å². The summed E-state index contributed by atoms with van der Waals surface area (Å²) in [6.45, 7) is 2.85. The number of hydrogen-bond donors (Lipinski definition) is 1. The lowest BCUT2D eigenvalue weighted by atomic mass is 9.93. The highest BCUT2D eigenvalue weighted by Gasteiger charge is 2.24. The number of anilines is 1. The fraction of sp³-hybridized carbons (Fsp3) is 0.421. The first kappa shape index (κ1) is 15.3. The molecule has 0 bridgehead atoms. The van der Waals surface area contributed by atoms with Gasteiger partial charge in [0.15, 0.2) is 0 Å². The van der Waals surface area contributed by atoms with Gasteiger partial charge in [0, 0.05) is 23.8 Å². The van der Waals surface area contributed by atoms with Crippen molar-refractivity contribution in [1.29, 1.82) is 0 Å². The Labute approximate surface area is 141 Å². The third kappa shape index (κ3) is 2.80. The van der Waals surface area contributed by atoms with Crippen molar-refractivity contribution in [3.63, 3.8) is 0 Å². The van der Waals surface area contributed by atoms with Crippen molar-refractivity contribution in [3.05, 3.63) is 36.7 Å². The molecule has 0 atom stereocenters. The molecule has 1 aliphatic rings. The van der Waals surface area contributed by atoms with Crippen LogP contribution in [0, 0.1) is 0 Å². The van der Waals surface area contributed by atoms with Crippen LogP contribution in [0.15, 0.2) is 41.1 Å². The Balaban J connectivity index is 1.56. The molecule has 2 aromatic heterocycles. The Morgan fingerprint density at radius 1 is 1.25 bits per heavy atom. The van der Waals surface area contributed by atoms with E-state index in [1.54, 1.807) is 6.26 Å². The van der Waals surface area contributed by atoms with Gasteiger partial charge in [-0.25, -0.2) is 0 Å². The predicted molar refractivity (Wildman–Crippen MR) is 94.8 cm³/mol. The Kier molecular flexibility index (Phi) is 4.02. The summed E-state index contributed by atoms with van der Waals surface area (Å²) in [6.07, 6.45) is 8.42. The van der Waals surface area contributed by atoms with Crippen molar-refractivity contribution in [1.82, 2.24) is 9.78 Å². The second-order valence-electron chi connectivity index (χ2n) is 6.47. The van der Waals surface area contributed by atoms with Gasteiger partial charge < -0.3 is 14.9 Å². The van der Waals surface area contributed by atoms with Gasteiger partial charge in [0.05, 0.1) is 24.1 Å². The summed E-state index contributed by atoms with van der Waals surface area (Å²) in [6, 6.07) is 8.46. The molecule has 126 valence electrons. The van der Waals surface area contributed by atoms with Crippen LogP contribution >= 0.6 is 0 Å². The van der Waals surface area contributed by atoms with E-state index in [0.29, 0.717) is 17.8 Å². The van der Waals surface area contributed by atoms with Gasteiger partial charge in [0.25, 0.3) is 0 Å². The summed E-state index contributed by atoms with van der Waals surface area (Å²) in [5.74, 6) is 0. The van der Waals surface area contributed by atoms with E-state index in [4.69, 9.17) is 20.0 Å². The summed E-state index contributed by atoms with van der Waals surface area (Å²) < 4.78 is 13.3. The van der Waals surface area contributed by atoms with Crippen LogP contribution in [0.3, 0.4) is 0 Å². The van der Waals surface area contributed by atoms with Gasteiger partial charge in [-0.15, -0.1) is 0 Å². The fourth-order valence-corrected chi connectivity index (χ4v) is 3.63. The average molecular weight is 325 g/mol. The third-order valence-corrected chi connectivity index (χ3v) is 4.91. The van der Waals surface area contributed by atoms with Gasteiger partial charge in [-0.2, -0.15) is 5.10 Å². The van der Waals surface area contributed by atoms with Crippen molar-refractivity contribution >= 4 is 16.7 Å². The fourth-order valence-electron chi connectivity index (χ4n) is 3.63. The molecule has 0 radical (unpaired) electrons. The molecule has 1 aromatic carbocycles. The molecule has 3 aromatic rings. The first-order valence-corrected chi connectivity index (χ1v) is 8.68. The zero-order valence-corrected chi connectivity index (χ0v) is 13.9. The molecule has 1 saturated carbocycles. The smallest absolute Gasteiger partial charge is 0.134 e. The molecule has 4 rings (SSSR count). The number of nitrogen functional groups attached to an aromatic ring is 1. The van der Waals surface area contributed by atoms with Crippen LogP contribution in [-0.4, -0.2) is 22.5 Å². The maximum atomic E-state index is 6.24. The number of hydrogen-bond acceptors (Lipinski definition) is 4. The Morgan fingerprint density at radius 3 is 2.88 bits per heavy atom. The van der Waals surface area contributed by atoms with E-state index >= 15 is 0 Å². The summed E-state index contributed by atoms with van der Waals surface area (Å²) in [5, 5.41) is 5.86. The number of nitrogens with zero attached hydrogens (tertiary/aromatic N) is 2. The van der Waals surface area contributed by atoms with Crippen LogP contribution in [0.2, 0.25) is 0 Å². The number of aromatic nitrogens is 2. The molecular weight excluding hydrogens is 302 g/mol. The van der Waals surface area contributed by atoms with Crippen LogP contribution in [0.5, 0.6) is 0 Å². The summed E-state index contributed by atoms with van der Waals surface area (Å²) in [4.78, 5) is 0. The van der Waals surface area contributed by atoms with Gasteiger partial charge in [-0.3, -0.25) is 4.68 Å². The third-order valence-electron chi connectivity index (χ3n) is 4.91. The predicted octanol–water partition coefficient (Wildman–Crippen LogP) is 4.40. The number of fused-ring (bicyclic) bond motifs is 1. The van der Waals surface area contributed by atoms with Gasteiger partial charge >= 0.3 is 0 Å². The first-order chi connectivity index (χ1) is 11.7.